The molecule has 0 spiro atoms. The molecular formula is C33H42N8O4. The van der Waals surface area contributed by atoms with E-state index >= 15 is 0 Å². The molecule has 12 nitrogen and oxygen atoms in total. The highest BCUT2D eigenvalue weighted by Gasteiger charge is 2.31. The molecule has 45 heavy (non-hydrogen) atoms. The smallest absolute Gasteiger partial charge is 0.254 e. The average Bonchev–Trinajstić information content (AvgIpc) is 3.01. The number of nitrogens with zero attached hydrogens (tertiary/aromatic N) is 3. The van der Waals surface area contributed by atoms with Gasteiger partial charge in [0, 0.05) is 18.7 Å². The summed E-state index contributed by atoms with van der Waals surface area (Å²) in [6.07, 6.45) is 3.52. The van der Waals surface area contributed by atoms with Crippen molar-refractivity contribution in [1.82, 2.24) is 15.5 Å². The molecule has 3 amide bonds. The summed E-state index contributed by atoms with van der Waals surface area (Å²) in [4.78, 5) is 40.5. The average molecular weight is 615 g/mol. The van der Waals surface area contributed by atoms with Crippen LogP contribution >= 0.6 is 0 Å². The number of benzene rings is 3. The van der Waals surface area contributed by atoms with Gasteiger partial charge in [-0.05, 0) is 71.3 Å². The third-order valence-electron chi connectivity index (χ3n) is 6.91. The zero-order valence-corrected chi connectivity index (χ0v) is 25.9. The van der Waals surface area contributed by atoms with E-state index < -0.39 is 23.8 Å². The van der Waals surface area contributed by atoms with Crippen LogP contribution in [0, 0.1) is 0 Å². The van der Waals surface area contributed by atoms with Gasteiger partial charge in [0.25, 0.3) is 5.91 Å². The highest BCUT2D eigenvalue weighted by molar-refractivity contribution is 5.99. The molecule has 12 heteroatoms. The minimum absolute atomic E-state index is 0.0133. The van der Waals surface area contributed by atoms with Crippen LogP contribution in [0.1, 0.15) is 60.7 Å². The third kappa shape index (κ3) is 10.7. The predicted octanol–water partition coefficient (Wildman–Crippen LogP) is 2.95. The summed E-state index contributed by atoms with van der Waals surface area (Å²) in [6, 6.07) is 21.1. The zero-order chi connectivity index (χ0) is 32.8. The number of nitrogens with two attached hydrogens (primary N) is 3. The number of hydrogen-bond acceptors (Lipinski definition) is 8. The summed E-state index contributed by atoms with van der Waals surface area (Å²) in [7, 11) is 0. The molecule has 0 saturated carbocycles. The maximum atomic E-state index is 14.1. The molecular weight excluding hydrogens is 572 g/mol. The van der Waals surface area contributed by atoms with Gasteiger partial charge in [0.15, 0.2) is 0 Å². The summed E-state index contributed by atoms with van der Waals surface area (Å²) < 4.78 is 6.14. The maximum Gasteiger partial charge on any atom is 0.254 e. The molecule has 0 aromatic heterocycles. The Kier molecular flexibility index (Phi) is 12.5. The lowest BCUT2D eigenvalue weighted by molar-refractivity contribution is -0.128. The number of primary amides is 1. The van der Waals surface area contributed by atoms with Crippen molar-refractivity contribution < 1.29 is 19.1 Å². The van der Waals surface area contributed by atoms with E-state index in [2.05, 4.69) is 41.6 Å². The van der Waals surface area contributed by atoms with Gasteiger partial charge in [0.1, 0.15) is 23.9 Å². The van der Waals surface area contributed by atoms with E-state index in [0.717, 1.165) is 5.56 Å². The van der Waals surface area contributed by atoms with Crippen LogP contribution < -0.4 is 32.8 Å². The summed E-state index contributed by atoms with van der Waals surface area (Å²) in [5, 5.41) is 12.4. The molecule has 3 rings (SSSR count). The second-order valence-electron chi connectivity index (χ2n) is 11.4. The van der Waals surface area contributed by atoms with Crippen molar-refractivity contribution in [1.29, 1.82) is 0 Å². The fourth-order valence-electron chi connectivity index (χ4n) is 4.63. The van der Waals surface area contributed by atoms with Gasteiger partial charge in [-0.25, -0.2) is 0 Å². The molecule has 0 bridgehead atoms. The first kappa shape index (κ1) is 34.1. The highest BCUT2D eigenvalue weighted by Crippen LogP contribution is 2.28. The van der Waals surface area contributed by atoms with Crippen molar-refractivity contribution in [2.45, 2.75) is 51.6 Å². The van der Waals surface area contributed by atoms with Crippen molar-refractivity contribution in [3.8, 4) is 11.5 Å². The molecule has 0 fully saturated rings. The van der Waals surface area contributed by atoms with E-state index in [1.807, 2.05) is 48.5 Å². The molecule has 3 aromatic carbocycles. The Morgan fingerprint density at radius 2 is 1.69 bits per heavy atom. The monoisotopic (exact) mass is 614 g/mol. The standard InChI is InChI=1S/C33H42N8O4/c1-33(2,3)26-12-14-27(15-13-26)45-28-10-5-8-24(18-28)21-41(32(44)25-9-4-7-23(17-25)19-39-35)29(11-6-16-37-22-40-36)31(43)38-20-30(34)42/h4-5,7-10,12-15,17-19,22,29H,6,11,16,20-21,35-36H2,1-3H3,(H2,34,42)(H,37,40)(H,38,43). The molecule has 0 aliphatic carbocycles. The van der Waals surface area contributed by atoms with Crippen molar-refractivity contribution in [3.63, 3.8) is 0 Å². The van der Waals surface area contributed by atoms with Gasteiger partial charge in [-0.15, -0.1) is 0 Å². The van der Waals surface area contributed by atoms with Crippen molar-refractivity contribution in [3.05, 3.63) is 95.1 Å². The van der Waals surface area contributed by atoms with Crippen LogP contribution in [-0.2, 0) is 21.5 Å². The van der Waals surface area contributed by atoms with Crippen molar-refractivity contribution in [2.75, 3.05) is 13.1 Å². The normalized spacial score (nSPS) is 12.2. The number of nitrogens with one attached hydrogen (secondary N) is 2. The van der Waals surface area contributed by atoms with E-state index in [0.29, 0.717) is 35.6 Å². The van der Waals surface area contributed by atoms with E-state index in [1.165, 1.54) is 23.0 Å². The summed E-state index contributed by atoms with van der Waals surface area (Å²) in [5.74, 6) is 10.1. The first-order valence-corrected chi connectivity index (χ1v) is 14.5. The van der Waals surface area contributed by atoms with Gasteiger partial charge in [0.2, 0.25) is 11.8 Å². The Hall–Kier alpha value is -5.39. The third-order valence-corrected chi connectivity index (χ3v) is 6.91. The minimum Gasteiger partial charge on any atom is -0.457 e. The molecule has 1 atom stereocenters. The van der Waals surface area contributed by atoms with Gasteiger partial charge in [-0.2, -0.15) is 10.2 Å². The number of hydrogen-bond donors (Lipinski definition) is 5. The summed E-state index contributed by atoms with van der Waals surface area (Å²) >= 11 is 0. The lowest BCUT2D eigenvalue weighted by Crippen LogP contribution is -2.50. The first-order valence-electron chi connectivity index (χ1n) is 14.5. The number of carbonyl (C=O) groups is 3. The highest BCUT2D eigenvalue weighted by atomic mass is 16.5. The van der Waals surface area contributed by atoms with Gasteiger partial charge in [-0.3, -0.25) is 14.4 Å². The Labute approximate surface area is 263 Å². The lowest BCUT2D eigenvalue weighted by atomic mass is 9.87. The molecule has 8 N–H and O–H groups in total. The van der Waals surface area contributed by atoms with Crippen LogP contribution in [0.2, 0.25) is 0 Å². The zero-order valence-electron chi connectivity index (χ0n) is 25.9. The van der Waals surface area contributed by atoms with E-state index in [-0.39, 0.29) is 24.9 Å². The van der Waals surface area contributed by atoms with Gasteiger partial charge >= 0.3 is 0 Å². The summed E-state index contributed by atoms with van der Waals surface area (Å²) in [6.45, 7) is 6.59. The molecule has 3 aromatic rings. The Morgan fingerprint density at radius 3 is 2.36 bits per heavy atom. The molecule has 0 radical (unpaired) electrons. The van der Waals surface area contributed by atoms with Crippen molar-refractivity contribution >= 4 is 30.3 Å². The van der Waals surface area contributed by atoms with Crippen LogP contribution in [0.5, 0.6) is 11.5 Å². The van der Waals surface area contributed by atoms with Gasteiger partial charge in [-0.1, -0.05) is 57.2 Å². The first-order chi connectivity index (χ1) is 21.5. The summed E-state index contributed by atoms with van der Waals surface area (Å²) in [5.41, 5.74) is 8.18. The van der Waals surface area contributed by atoms with Crippen LogP contribution in [0.25, 0.3) is 0 Å². The quantitative estimate of drug-likeness (QED) is 0.0571. The van der Waals surface area contributed by atoms with E-state index in [4.69, 9.17) is 22.2 Å². The van der Waals surface area contributed by atoms with Crippen LogP contribution in [0.3, 0.4) is 0 Å². The van der Waals surface area contributed by atoms with E-state index in [9.17, 15) is 14.4 Å². The number of amides is 3. The van der Waals surface area contributed by atoms with E-state index in [1.54, 1.807) is 24.3 Å². The minimum atomic E-state index is -0.949. The molecule has 1 unspecified atom stereocenters. The lowest BCUT2D eigenvalue weighted by Gasteiger charge is -2.31. The van der Waals surface area contributed by atoms with Crippen LogP contribution in [-0.4, -0.2) is 54.3 Å². The van der Waals surface area contributed by atoms with Gasteiger partial charge < -0.3 is 37.7 Å². The van der Waals surface area contributed by atoms with Gasteiger partial charge in [0.05, 0.1) is 12.8 Å². The Bertz CT molecular complexity index is 1500. The number of ether oxygens (including phenoxy) is 1. The SMILES string of the molecule is CC(C)(C)c1ccc(Oc2cccc(CN(C(=O)c3cccc(C=NN)c3)C(CCCNC=NN)C(=O)NCC(N)=O)c2)cc1. The maximum absolute atomic E-state index is 14.1. The number of rotatable bonds is 15. The van der Waals surface area contributed by atoms with Crippen LogP contribution in [0.4, 0.5) is 0 Å². The van der Waals surface area contributed by atoms with Crippen molar-refractivity contribution in [2.24, 2.45) is 27.6 Å². The largest absolute Gasteiger partial charge is 0.457 e. The molecule has 0 saturated heterocycles. The molecule has 0 aliphatic rings. The second kappa shape index (κ2) is 16.5. The number of hydrazone groups is 2. The second-order valence-corrected chi connectivity index (χ2v) is 11.4. The topological polar surface area (TPSA) is 191 Å². The predicted molar refractivity (Wildman–Crippen MR) is 176 cm³/mol. The van der Waals surface area contributed by atoms with Crippen LogP contribution in [0.15, 0.2) is 83.0 Å². The molecule has 238 valence electrons. The fourth-order valence-corrected chi connectivity index (χ4v) is 4.63. The Balaban J connectivity index is 1.96. The molecule has 0 aliphatic heterocycles. The Morgan fingerprint density at radius 1 is 0.956 bits per heavy atom. The number of carbonyl (C=O) groups excluding carboxylic acids is 3. The molecule has 0 heterocycles. The fraction of sp³-hybridized carbons (Fsp3) is 0.303.